The van der Waals surface area contributed by atoms with Crippen LogP contribution in [0.2, 0.25) is 0 Å². The average Bonchev–Trinajstić information content (AvgIpc) is 3.37. The van der Waals surface area contributed by atoms with Crippen molar-refractivity contribution in [2.24, 2.45) is 5.92 Å². The highest BCUT2D eigenvalue weighted by Crippen LogP contribution is 2.29. The molecule has 1 aliphatic rings. The number of aliphatic hydroxyl groups is 1. The van der Waals surface area contributed by atoms with E-state index in [-0.39, 0.29) is 43.0 Å². The highest BCUT2D eigenvalue weighted by Gasteiger charge is 2.50. The molecule has 1 aromatic rings. The van der Waals surface area contributed by atoms with Crippen molar-refractivity contribution in [3.05, 3.63) is 17.5 Å². The quantitative estimate of drug-likeness (QED) is 0.217. The van der Waals surface area contributed by atoms with Gasteiger partial charge in [0.25, 0.3) is 5.91 Å². The second kappa shape index (κ2) is 12.7. The molecule has 3 amide bonds. The Kier molecular flexibility index (Phi) is 10.3. The topological polar surface area (TPSA) is 182 Å². The lowest BCUT2D eigenvalue weighted by atomic mass is 9.93. The van der Waals surface area contributed by atoms with E-state index in [0.29, 0.717) is 6.42 Å². The molecule has 196 valence electrons. The van der Waals surface area contributed by atoms with Crippen LogP contribution in [0, 0.1) is 5.92 Å². The van der Waals surface area contributed by atoms with Gasteiger partial charge < -0.3 is 39.8 Å². The summed E-state index contributed by atoms with van der Waals surface area (Å²) in [6, 6.07) is -1.89. The van der Waals surface area contributed by atoms with Crippen molar-refractivity contribution in [2.45, 2.75) is 57.5 Å². The van der Waals surface area contributed by atoms with E-state index in [1.54, 1.807) is 6.92 Å². The van der Waals surface area contributed by atoms with Crippen LogP contribution < -0.4 is 16.0 Å². The van der Waals surface area contributed by atoms with Gasteiger partial charge in [0.05, 0.1) is 25.9 Å². The summed E-state index contributed by atoms with van der Waals surface area (Å²) < 4.78 is 20.1. The number of aliphatic hydroxyl groups excluding tert-OH is 1. The molecule has 0 unspecified atom stereocenters. The first kappa shape index (κ1) is 28.4. The summed E-state index contributed by atoms with van der Waals surface area (Å²) in [5, 5.41) is 20.3. The maximum atomic E-state index is 13.0. The van der Waals surface area contributed by atoms with Crippen molar-refractivity contribution in [1.29, 1.82) is 0 Å². The minimum absolute atomic E-state index is 0.0793. The first-order valence-electron chi connectivity index (χ1n) is 11.2. The lowest BCUT2D eigenvalue weighted by molar-refractivity contribution is -0.134. The summed E-state index contributed by atoms with van der Waals surface area (Å²) >= 11 is 0. The van der Waals surface area contributed by atoms with Gasteiger partial charge in [0.2, 0.25) is 11.8 Å². The van der Waals surface area contributed by atoms with Gasteiger partial charge in [0, 0.05) is 20.3 Å². The molecule has 0 radical (unpaired) electrons. The van der Waals surface area contributed by atoms with Crippen LogP contribution in [0.3, 0.4) is 0 Å². The van der Waals surface area contributed by atoms with Crippen LogP contribution in [0.15, 0.2) is 10.6 Å². The van der Waals surface area contributed by atoms with Crippen molar-refractivity contribution in [3.8, 4) is 0 Å². The molecular weight excluding hydrogens is 464 g/mol. The Labute approximate surface area is 203 Å². The Morgan fingerprint density at radius 1 is 1.06 bits per heavy atom. The number of aromatic nitrogens is 1. The SMILES string of the molecule is COC[C@H](NC(=O)c1cc(CO)on1)C(=O)N[C@@H](COC)C(=O)N[C@@H](CC(C)C)C(=O)[C@@]1(C)CO1. The van der Waals surface area contributed by atoms with E-state index in [2.05, 4.69) is 21.1 Å². The molecular formula is C22H34N4O9. The summed E-state index contributed by atoms with van der Waals surface area (Å²) in [6.45, 7) is 4.98. The third-order valence-electron chi connectivity index (χ3n) is 5.31. The van der Waals surface area contributed by atoms with Gasteiger partial charge in [-0.1, -0.05) is 19.0 Å². The Balaban J connectivity index is 2.08. The molecule has 1 fully saturated rings. The summed E-state index contributed by atoms with van der Waals surface area (Å²) in [5.41, 5.74) is -1.06. The molecule has 4 atom stereocenters. The van der Waals surface area contributed by atoms with Crippen LogP contribution in [0.5, 0.6) is 0 Å². The fourth-order valence-corrected chi connectivity index (χ4v) is 3.29. The number of epoxide rings is 1. The van der Waals surface area contributed by atoms with Crippen LogP contribution in [-0.2, 0) is 35.2 Å². The number of nitrogens with one attached hydrogen (secondary N) is 3. The standard InChI is InChI=1S/C22H34N4O9/c1-12(2)6-14(18(28)22(3)11-34-22)23-20(30)16(9-32-4)25-21(31)17(10-33-5)24-19(29)15-7-13(8-27)35-26-15/h7,12,14,16-17,27H,6,8-11H2,1-5H3,(H,23,30)(H,24,29)(H,25,31)/t14-,16-,17-,22+/m0/s1. The van der Waals surface area contributed by atoms with Gasteiger partial charge >= 0.3 is 0 Å². The average molecular weight is 499 g/mol. The summed E-state index contributed by atoms with van der Waals surface area (Å²) in [6.07, 6.45) is 0.396. The third kappa shape index (κ3) is 8.09. The van der Waals surface area contributed by atoms with E-state index >= 15 is 0 Å². The summed E-state index contributed by atoms with van der Waals surface area (Å²) in [7, 11) is 2.70. The molecule has 0 saturated carbocycles. The predicted octanol–water partition coefficient (Wildman–Crippen LogP) is -1.07. The lowest BCUT2D eigenvalue weighted by Crippen LogP contribution is -2.58. The molecule has 13 nitrogen and oxygen atoms in total. The molecule has 35 heavy (non-hydrogen) atoms. The Morgan fingerprint density at radius 3 is 2.06 bits per heavy atom. The van der Waals surface area contributed by atoms with Gasteiger partial charge in [-0.05, 0) is 19.3 Å². The van der Waals surface area contributed by atoms with Crippen molar-refractivity contribution < 1.29 is 43.0 Å². The normalized spacial score (nSPS) is 19.5. The number of carbonyl (C=O) groups excluding carboxylic acids is 4. The number of methoxy groups -OCH3 is 2. The number of hydrogen-bond acceptors (Lipinski definition) is 10. The second-order valence-electron chi connectivity index (χ2n) is 8.91. The van der Waals surface area contributed by atoms with E-state index < -0.39 is 48.1 Å². The smallest absolute Gasteiger partial charge is 0.274 e. The third-order valence-corrected chi connectivity index (χ3v) is 5.31. The molecule has 4 N–H and O–H groups in total. The van der Waals surface area contributed by atoms with Crippen molar-refractivity contribution in [3.63, 3.8) is 0 Å². The van der Waals surface area contributed by atoms with E-state index in [0.717, 1.165) is 0 Å². The minimum atomic E-state index is -1.18. The van der Waals surface area contributed by atoms with E-state index in [1.165, 1.54) is 20.3 Å². The number of amides is 3. The van der Waals surface area contributed by atoms with Gasteiger partial charge in [0.1, 0.15) is 24.3 Å². The number of rotatable bonds is 15. The number of nitrogens with zero attached hydrogens (tertiary/aromatic N) is 1. The number of carbonyl (C=O) groups is 4. The first-order valence-corrected chi connectivity index (χ1v) is 11.2. The molecule has 13 heteroatoms. The van der Waals surface area contributed by atoms with Gasteiger partial charge in [-0.15, -0.1) is 0 Å². The largest absolute Gasteiger partial charge is 0.388 e. The van der Waals surface area contributed by atoms with Crippen LogP contribution in [0.4, 0.5) is 0 Å². The molecule has 1 aliphatic heterocycles. The zero-order valence-corrected chi connectivity index (χ0v) is 20.6. The van der Waals surface area contributed by atoms with Crippen LogP contribution in [-0.4, -0.2) is 91.5 Å². The highest BCUT2D eigenvalue weighted by molar-refractivity contribution is 5.99. The lowest BCUT2D eigenvalue weighted by Gasteiger charge is -2.26. The van der Waals surface area contributed by atoms with Gasteiger partial charge in [-0.2, -0.15) is 0 Å². The van der Waals surface area contributed by atoms with Crippen LogP contribution >= 0.6 is 0 Å². The van der Waals surface area contributed by atoms with E-state index in [4.69, 9.17) is 23.8 Å². The first-order chi connectivity index (χ1) is 16.5. The predicted molar refractivity (Wildman–Crippen MR) is 120 cm³/mol. The molecule has 0 bridgehead atoms. The maximum Gasteiger partial charge on any atom is 0.274 e. The van der Waals surface area contributed by atoms with Gasteiger partial charge in [-0.3, -0.25) is 19.2 Å². The molecule has 2 rings (SSSR count). The highest BCUT2D eigenvalue weighted by atomic mass is 16.6. The maximum absolute atomic E-state index is 13.0. The number of ketones is 1. The van der Waals surface area contributed by atoms with Gasteiger partial charge in [-0.25, -0.2) is 0 Å². The summed E-state index contributed by atoms with van der Waals surface area (Å²) in [5.74, 6) is -2.11. The number of Topliss-reactive ketones (excluding diaryl/α,β-unsaturated/α-hetero) is 1. The zero-order valence-electron chi connectivity index (χ0n) is 20.6. The van der Waals surface area contributed by atoms with Gasteiger partial charge in [0.15, 0.2) is 17.2 Å². The van der Waals surface area contributed by atoms with Crippen molar-refractivity contribution >= 4 is 23.5 Å². The zero-order chi connectivity index (χ0) is 26.2. The summed E-state index contributed by atoms with van der Waals surface area (Å²) in [4.78, 5) is 51.2. The fraction of sp³-hybridized carbons (Fsp3) is 0.682. The molecule has 0 aromatic carbocycles. The second-order valence-corrected chi connectivity index (χ2v) is 8.91. The van der Waals surface area contributed by atoms with Crippen molar-refractivity contribution in [2.75, 3.05) is 34.0 Å². The van der Waals surface area contributed by atoms with Crippen molar-refractivity contribution in [1.82, 2.24) is 21.1 Å². The monoisotopic (exact) mass is 498 g/mol. The molecule has 2 heterocycles. The van der Waals surface area contributed by atoms with E-state index in [1.807, 2.05) is 13.8 Å². The Morgan fingerprint density at radius 2 is 1.60 bits per heavy atom. The Bertz CT molecular complexity index is 897. The number of hydrogen-bond donors (Lipinski definition) is 4. The van der Waals surface area contributed by atoms with Crippen LogP contribution in [0.1, 0.15) is 43.4 Å². The van der Waals surface area contributed by atoms with E-state index in [9.17, 15) is 19.2 Å². The molecule has 0 aliphatic carbocycles. The molecule has 0 spiro atoms. The number of ether oxygens (including phenoxy) is 3. The molecule has 1 aromatic heterocycles. The minimum Gasteiger partial charge on any atom is -0.388 e. The Hall–Kier alpha value is -2.87. The molecule has 1 saturated heterocycles. The van der Waals surface area contributed by atoms with Crippen LogP contribution in [0.25, 0.3) is 0 Å². The fourth-order valence-electron chi connectivity index (χ4n) is 3.29.